The van der Waals surface area contributed by atoms with Crippen LogP contribution in [0.1, 0.15) is 36.5 Å². The van der Waals surface area contributed by atoms with Gasteiger partial charge in [0.2, 0.25) is 0 Å². The molecule has 4 nitrogen and oxygen atoms in total. The maximum atomic E-state index is 12.1. The summed E-state index contributed by atoms with van der Waals surface area (Å²) in [6.45, 7) is 2.87. The first kappa shape index (κ1) is 16.5. The zero-order valence-corrected chi connectivity index (χ0v) is 14.4. The lowest BCUT2D eigenvalue weighted by molar-refractivity contribution is 0.0953. The lowest BCUT2D eigenvalue weighted by Gasteiger charge is -2.05. The molecule has 0 atom stereocenters. The van der Waals surface area contributed by atoms with Gasteiger partial charge in [0, 0.05) is 22.7 Å². The van der Waals surface area contributed by atoms with Crippen LogP contribution < -0.4 is 5.32 Å². The Morgan fingerprint density at radius 3 is 2.71 bits per heavy atom. The summed E-state index contributed by atoms with van der Waals surface area (Å²) in [5.74, 6) is 0.733. The lowest BCUT2D eigenvalue weighted by atomic mass is 10.1. The Morgan fingerprint density at radius 2 is 1.96 bits per heavy atom. The number of aromatic nitrogens is 2. The number of imidazole rings is 1. The lowest BCUT2D eigenvalue weighted by Crippen LogP contribution is -2.24. The number of nitrogens with one attached hydrogen (secondary N) is 2. The Bertz CT molecular complexity index is 839. The molecule has 0 radical (unpaired) electrons. The molecule has 0 fully saturated rings. The number of carbonyl (C=O) groups is 1. The molecule has 2 N–H and O–H groups in total. The van der Waals surface area contributed by atoms with E-state index in [4.69, 9.17) is 11.6 Å². The van der Waals surface area contributed by atoms with E-state index in [2.05, 4.69) is 22.2 Å². The highest BCUT2D eigenvalue weighted by Crippen LogP contribution is 2.23. The molecule has 0 aliphatic carbocycles. The van der Waals surface area contributed by atoms with Crippen molar-refractivity contribution in [2.45, 2.75) is 26.2 Å². The van der Waals surface area contributed by atoms with Crippen LogP contribution in [0.4, 0.5) is 0 Å². The normalized spacial score (nSPS) is 10.9. The maximum absolute atomic E-state index is 12.1. The van der Waals surface area contributed by atoms with Gasteiger partial charge in [-0.1, -0.05) is 43.5 Å². The average molecular weight is 342 g/mol. The van der Waals surface area contributed by atoms with Gasteiger partial charge in [-0.3, -0.25) is 4.79 Å². The summed E-state index contributed by atoms with van der Waals surface area (Å²) >= 11 is 6.00. The molecule has 0 spiro atoms. The molecule has 5 heteroatoms. The molecule has 0 saturated carbocycles. The van der Waals surface area contributed by atoms with Gasteiger partial charge in [0.1, 0.15) is 5.82 Å². The summed E-state index contributed by atoms with van der Waals surface area (Å²) in [7, 11) is 0. The molecule has 0 aliphatic heterocycles. The Balaban J connectivity index is 1.72. The van der Waals surface area contributed by atoms with Gasteiger partial charge in [0.05, 0.1) is 11.0 Å². The number of amides is 1. The molecular formula is C19H20ClN3O. The minimum absolute atomic E-state index is 0.0333. The first-order chi connectivity index (χ1) is 11.7. The fourth-order valence-electron chi connectivity index (χ4n) is 2.58. The van der Waals surface area contributed by atoms with Crippen molar-refractivity contribution in [2.24, 2.45) is 0 Å². The number of aromatic amines is 1. The second-order valence-electron chi connectivity index (χ2n) is 5.79. The van der Waals surface area contributed by atoms with Gasteiger partial charge in [0.25, 0.3) is 5.91 Å². The number of unbranched alkanes of at least 4 members (excludes halogenated alkanes) is 2. The van der Waals surface area contributed by atoms with Gasteiger partial charge in [-0.15, -0.1) is 0 Å². The van der Waals surface area contributed by atoms with Crippen LogP contribution in [0.5, 0.6) is 0 Å². The fraction of sp³-hybridized carbons (Fsp3) is 0.263. The number of rotatable bonds is 6. The molecule has 0 unspecified atom stereocenters. The number of hydrogen-bond donors (Lipinski definition) is 2. The van der Waals surface area contributed by atoms with Gasteiger partial charge in [-0.05, 0) is 36.8 Å². The molecule has 0 bridgehead atoms. The summed E-state index contributed by atoms with van der Waals surface area (Å²) in [6, 6.07) is 13.0. The number of H-pyrrole nitrogens is 1. The van der Waals surface area contributed by atoms with Crippen LogP contribution in [-0.2, 0) is 0 Å². The van der Waals surface area contributed by atoms with Crippen molar-refractivity contribution in [3.05, 3.63) is 53.1 Å². The summed E-state index contributed by atoms with van der Waals surface area (Å²) < 4.78 is 0. The molecule has 1 amide bonds. The Labute approximate surface area is 146 Å². The van der Waals surface area contributed by atoms with Gasteiger partial charge < -0.3 is 10.3 Å². The van der Waals surface area contributed by atoms with Gasteiger partial charge >= 0.3 is 0 Å². The predicted molar refractivity (Wildman–Crippen MR) is 98.4 cm³/mol. The third-order valence-electron chi connectivity index (χ3n) is 3.93. The molecule has 0 saturated heterocycles. The van der Waals surface area contributed by atoms with Gasteiger partial charge in [-0.25, -0.2) is 4.98 Å². The van der Waals surface area contributed by atoms with E-state index in [0.717, 1.165) is 48.2 Å². The van der Waals surface area contributed by atoms with Crippen molar-refractivity contribution in [1.29, 1.82) is 0 Å². The van der Waals surface area contributed by atoms with Crippen molar-refractivity contribution in [3.8, 4) is 11.4 Å². The number of benzene rings is 2. The molecular weight excluding hydrogens is 322 g/mol. The second kappa shape index (κ2) is 7.49. The Hall–Kier alpha value is -2.33. The van der Waals surface area contributed by atoms with E-state index in [-0.39, 0.29) is 5.91 Å². The van der Waals surface area contributed by atoms with Crippen LogP contribution in [0.3, 0.4) is 0 Å². The Morgan fingerprint density at radius 1 is 1.17 bits per heavy atom. The summed E-state index contributed by atoms with van der Waals surface area (Å²) in [6.07, 6.45) is 3.30. The van der Waals surface area contributed by atoms with Crippen LogP contribution in [0, 0.1) is 0 Å². The molecule has 124 valence electrons. The van der Waals surface area contributed by atoms with Crippen LogP contribution in [-0.4, -0.2) is 22.4 Å². The maximum Gasteiger partial charge on any atom is 0.251 e. The molecule has 24 heavy (non-hydrogen) atoms. The highest BCUT2D eigenvalue weighted by molar-refractivity contribution is 6.31. The average Bonchev–Trinajstić information content (AvgIpc) is 3.02. The predicted octanol–water partition coefficient (Wildman–Crippen LogP) is 4.80. The van der Waals surface area contributed by atoms with E-state index in [1.807, 2.05) is 42.5 Å². The molecule has 3 rings (SSSR count). The van der Waals surface area contributed by atoms with Crippen LogP contribution >= 0.6 is 11.6 Å². The molecule has 3 aromatic rings. The number of fused-ring (bicyclic) bond motifs is 1. The van der Waals surface area contributed by atoms with Crippen LogP contribution in [0.15, 0.2) is 42.5 Å². The molecule has 1 heterocycles. The van der Waals surface area contributed by atoms with Gasteiger partial charge in [-0.2, -0.15) is 0 Å². The number of halogens is 1. The molecule has 2 aromatic carbocycles. The number of hydrogen-bond acceptors (Lipinski definition) is 2. The topological polar surface area (TPSA) is 57.8 Å². The van der Waals surface area contributed by atoms with E-state index in [9.17, 15) is 4.79 Å². The monoisotopic (exact) mass is 341 g/mol. The van der Waals surface area contributed by atoms with Gasteiger partial charge in [0.15, 0.2) is 0 Å². The summed E-state index contributed by atoms with van der Waals surface area (Å²) in [5.41, 5.74) is 3.36. The highest BCUT2D eigenvalue weighted by atomic mass is 35.5. The largest absolute Gasteiger partial charge is 0.352 e. The van der Waals surface area contributed by atoms with E-state index in [1.54, 1.807) is 0 Å². The van der Waals surface area contributed by atoms with Crippen molar-refractivity contribution < 1.29 is 4.79 Å². The third-order valence-corrected chi connectivity index (χ3v) is 4.17. The third kappa shape index (κ3) is 3.77. The first-order valence-electron chi connectivity index (χ1n) is 8.21. The van der Waals surface area contributed by atoms with Crippen LogP contribution in [0.2, 0.25) is 5.02 Å². The quantitative estimate of drug-likeness (QED) is 0.632. The van der Waals surface area contributed by atoms with E-state index < -0.39 is 0 Å². The summed E-state index contributed by atoms with van der Waals surface area (Å²) in [5, 5.41) is 3.62. The van der Waals surface area contributed by atoms with E-state index >= 15 is 0 Å². The number of carbonyl (C=O) groups excluding carboxylic acids is 1. The molecule has 1 aromatic heterocycles. The van der Waals surface area contributed by atoms with Crippen molar-refractivity contribution in [2.75, 3.05) is 6.54 Å². The van der Waals surface area contributed by atoms with Crippen molar-refractivity contribution in [1.82, 2.24) is 15.3 Å². The van der Waals surface area contributed by atoms with Crippen molar-refractivity contribution >= 4 is 28.5 Å². The number of nitrogens with zero attached hydrogens (tertiary/aromatic N) is 1. The van der Waals surface area contributed by atoms with E-state index in [1.165, 1.54) is 0 Å². The SMILES string of the molecule is CCCCCNC(=O)c1ccc(-c2nc3ccc(Cl)cc3[nH]2)cc1. The fourth-order valence-corrected chi connectivity index (χ4v) is 2.75. The van der Waals surface area contributed by atoms with Crippen molar-refractivity contribution in [3.63, 3.8) is 0 Å². The summed E-state index contributed by atoms with van der Waals surface area (Å²) in [4.78, 5) is 19.9. The Kier molecular flexibility index (Phi) is 5.16. The minimum Gasteiger partial charge on any atom is -0.352 e. The molecule has 0 aliphatic rings. The second-order valence-corrected chi connectivity index (χ2v) is 6.22. The zero-order valence-electron chi connectivity index (χ0n) is 13.6. The smallest absolute Gasteiger partial charge is 0.251 e. The zero-order chi connectivity index (χ0) is 16.9. The van der Waals surface area contributed by atoms with Crippen LogP contribution in [0.25, 0.3) is 22.4 Å². The standard InChI is InChI=1S/C19H20ClN3O/c1-2-3-4-11-21-19(24)14-7-5-13(6-8-14)18-22-16-10-9-15(20)12-17(16)23-18/h5-10,12H,2-4,11H2,1H3,(H,21,24)(H,22,23). The minimum atomic E-state index is -0.0333. The van der Waals surface area contributed by atoms with E-state index in [0.29, 0.717) is 10.6 Å². The first-order valence-corrected chi connectivity index (χ1v) is 8.59. The highest BCUT2D eigenvalue weighted by Gasteiger charge is 2.08.